The molecule has 0 aliphatic rings. The maximum Gasteiger partial charge on any atom is 0.364 e. The van der Waals surface area contributed by atoms with Gasteiger partial charge < -0.3 is 4.84 Å². The van der Waals surface area contributed by atoms with E-state index in [9.17, 15) is 9.18 Å². The number of pyridine rings is 2. The van der Waals surface area contributed by atoms with Gasteiger partial charge in [-0.05, 0) is 24.3 Å². The Bertz CT molecular complexity index is 502. The molecule has 0 unspecified atom stereocenters. The predicted molar refractivity (Wildman–Crippen MR) is 57.5 cm³/mol. The minimum Gasteiger partial charge on any atom is -0.336 e. The number of halogens is 1. The molecule has 86 valence electrons. The van der Waals surface area contributed by atoms with Gasteiger partial charge >= 0.3 is 5.97 Å². The molecular weight excluding hydrogens is 225 g/mol. The van der Waals surface area contributed by atoms with E-state index in [-0.39, 0.29) is 5.82 Å². The maximum atomic E-state index is 12.5. The van der Waals surface area contributed by atoms with E-state index in [1.165, 1.54) is 18.3 Å². The number of rotatable bonds is 3. The smallest absolute Gasteiger partial charge is 0.336 e. The van der Waals surface area contributed by atoms with E-state index in [4.69, 9.17) is 4.84 Å². The fraction of sp³-hybridized carbons (Fsp3) is 0. The van der Waals surface area contributed by atoms with Crippen LogP contribution in [-0.4, -0.2) is 15.9 Å². The summed E-state index contributed by atoms with van der Waals surface area (Å²) in [5.74, 6) is -0.818. The highest BCUT2D eigenvalue weighted by molar-refractivity contribution is 5.89. The van der Waals surface area contributed by atoms with Crippen molar-refractivity contribution in [2.45, 2.75) is 0 Å². The van der Waals surface area contributed by atoms with Gasteiger partial charge in [0.1, 0.15) is 5.82 Å². The average molecular weight is 233 g/mol. The van der Waals surface area contributed by atoms with Crippen molar-refractivity contribution < 1.29 is 14.0 Å². The Kier molecular flexibility index (Phi) is 3.25. The molecule has 0 aromatic carbocycles. The fourth-order valence-corrected chi connectivity index (χ4v) is 1.08. The number of carbonyl (C=O) groups is 1. The average Bonchev–Trinajstić information content (AvgIpc) is 2.39. The zero-order chi connectivity index (χ0) is 12.1. The van der Waals surface area contributed by atoms with Crippen LogP contribution in [0.1, 0.15) is 10.4 Å². The van der Waals surface area contributed by atoms with Gasteiger partial charge in [0.25, 0.3) is 0 Å². The number of nitrogens with zero attached hydrogens (tertiary/aromatic N) is 2. The van der Waals surface area contributed by atoms with Crippen molar-refractivity contribution in [1.82, 2.24) is 9.97 Å². The number of hydrogen-bond acceptors (Lipinski definition) is 5. The van der Waals surface area contributed by atoms with Gasteiger partial charge in [-0.3, -0.25) is 4.98 Å². The van der Waals surface area contributed by atoms with Crippen LogP contribution in [0.15, 0.2) is 42.9 Å². The summed E-state index contributed by atoms with van der Waals surface area (Å²) >= 11 is 0. The van der Waals surface area contributed by atoms with E-state index >= 15 is 0 Å². The summed E-state index contributed by atoms with van der Waals surface area (Å²) in [5.41, 5.74) is 2.62. The van der Waals surface area contributed by atoms with Crippen molar-refractivity contribution in [3.8, 4) is 0 Å². The van der Waals surface area contributed by atoms with Crippen LogP contribution in [-0.2, 0) is 4.84 Å². The highest BCUT2D eigenvalue weighted by Crippen LogP contribution is 2.05. The first-order valence-corrected chi connectivity index (χ1v) is 4.74. The number of anilines is 1. The van der Waals surface area contributed by atoms with Gasteiger partial charge in [0.05, 0.1) is 11.8 Å². The van der Waals surface area contributed by atoms with E-state index in [1.54, 1.807) is 18.3 Å². The molecule has 0 atom stereocenters. The number of hydrogen-bond donors (Lipinski definition) is 1. The van der Waals surface area contributed by atoms with Gasteiger partial charge in [-0.25, -0.2) is 19.6 Å². The largest absolute Gasteiger partial charge is 0.364 e. The van der Waals surface area contributed by atoms with Crippen LogP contribution in [0.4, 0.5) is 10.2 Å². The summed E-state index contributed by atoms with van der Waals surface area (Å²) in [6.45, 7) is 0. The van der Waals surface area contributed by atoms with Gasteiger partial charge in [0.2, 0.25) is 0 Å². The number of aromatic nitrogens is 2. The normalized spacial score (nSPS) is 9.71. The monoisotopic (exact) mass is 233 g/mol. The molecular formula is C11H8FN3O2. The molecule has 0 spiro atoms. The standard InChI is InChI=1S/C11H8FN3O2/c12-9-3-4-10(14-7-9)15-17-11(16)8-2-1-5-13-6-8/h1-7H,(H,14,15). The molecule has 0 fully saturated rings. The third-order valence-corrected chi connectivity index (χ3v) is 1.87. The summed E-state index contributed by atoms with van der Waals surface area (Å²) in [6.07, 6.45) is 3.94. The predicted octanol–water partition coefficient (Wildman–Crippen LogP) is 1.80. The van der Waals surface area contributed by atoms with Gasteiger partial charge in [0.15, 0.2) is 5.82 Å². The summed E-state index contributed by atoms with van der Waals surface area (Å²) in [5, 5.41) is 0. The Balaban J connectivity index is 1.95. The quantitative estimate of drug-likeness (QED) is 0.819. The molecule has 2 aromatic heterocycles. The minimum atomic E-state index is -0.593. The summed E-state index contributed by atoms with van der Waals surface area (Å²) < 4.78 is 12.5. The van der Waals surface area contributed by atoms with Crippen LogP contribution in [0.5, 0.6) is 0 Å². The minimum absolute atomic E-state index is 0.239. The lowest BCUT2D eigenvalue weighted by atomic mass is 10.3. The first-order chi connectivity index (χ1) is 8.25. The molecule has 2 heterocycles. The third kappa shape index (κ3) is 2.97. The summed E-state index contributed by atoms with van der Waals surface area (Å²) in [4.78, 5) is 23.6. The van der Waals surface area contributed by atoms with Crippen molar-refractivity contribution in [2.24, 2.45) is 0 Å². The zero-order valence-corrected chi connectivity index (χ0v) is 8.63. The van der Waals surface area contributed by atoms with Crippen LogP contribution in [0, 0.1) is 5.82 Å². The highest BCUT2D eigenvalue weighted by atomic mass is 19.1. The zero-order valence-electron chi connectivity index (χ0n) is 8.63. The van der Waals surface area contributed by atoms with E-state index in [2.05, 4.69) is 15.4 Å². The fourth-order valence-electron chi connectivity index (χ4n) is 1.08. The van der Waals surface area contributed by atoms with Gasteiger partial charge in [-0.2, -0.15) is 0 Å². The van der Waals surface area contributed by atoms with E-state index in [1.807, 2.05) is 0 Å². The Morgan fingerprint density at radius 2 is 2.18 bits per heavy atom. The molecule has 0 bridgehead atoms. The third-order valence-electron chi connectivity index (χ3n) is 1.87. The molecule has 1 N–H and O–H groups in total. The first kappa shape index (κ1) is 11.0. The molecule has 0 aliphatic carbocycles. The van der Waals surface area contributed by atoms with Crippen LogP contribution >= 0.6 is 0 Å². The van der Waals surface area contributed by atoms with Gasteiger partial charge in [-0.1, -0.05) is 0 Å². The van der Waals surface area contributed by atoms with Crippen LogP contribution in [0.2, 0.25) is 0 Å². The SMILES string of the molecule is O=C(ONc1ccc(F)cn1)c1cccnc1. The van der Waals surface area contributed by atoms with E-state index < -0.39 is 11.8 Å². The molecule has 0 saturated carbocycles. The lowest BCUT2D eigenvalue weighted by molar-refractivity contribution is 0.0594. The molecule has 17 heavy (non-hydrogen) atoms. The molecule has 6 heteroatoms. The number of carbonyl (C=O) groups excluding carboxylic acids is 1. The van der Waals surface area contributed by atoms with Crippen molar-refractivity contribution in [1.29, 1.82) is 0 Å². The first-order valence-electron chi connectivity index (χ1n) is 4.74. The van der Waals surface area contributed by atoms with Crippen LogP contribution in [0.3, 0.4) is 0 Å². The Morgan fingerprint density at radius 3 is 2.82 bits per heavy atom. The molecule has 2 rings (SSSR count). The van der Waals surface area contributed by atoms with Gasteiger partial charge in [0, 0.05) is 12.4 Å². The van der Waals surface area contributed by atoms with Crippen molar-refractivity contribution >= 4 is 11.8 Å². The molecule has 0 saturated heterocycles. The summed E-state index contributed by atoms with van der Waals surface area (Å²) in [7, 11) is 0. The number of nitrogens with one attached hydrogen (secondary N) is 1. The van der Waals surface area contributed by atoms with Crippen molar-refractivity contribution in [3.05, 3.63) is 54.2 Å². The Hall–Kier alpha value is -2.50. The second-order valence-electron chi connectivity index (χ2n) is 3.09. The Morgan fingerprint density at radius 1 is 1.29 bits per heavy atom. The second kappa shape index (κ2) is 5.02. The molecule has 2 aromatic rings. The van der Waals surface area contributed by atoms with Crippen LogP contribution in [0.25, 0.3) is 0 Å². The topological polar surface area (TPSA) is 64.1 Å². The molecule has 0 aliphatic heterocycles. The molecule has 5 nitrogen and oxygen atoms in total. The molecule has 0 amide bonds. The van der Waals surface area contributed by atoms with E-state index in [0.717, 1.165) is 6.20 Å². The summed E-state index contributed by atoms with van der Waals surface area (Å²) in [6, 6.07) is 5.74. The maximum absolute atomic E-state index is 12.5. The van der Waals surface area contributed by atoms with Crippen molar-refractivity contribution in [2.75, 3.05) is 5.48 Å². The Labute approximate surface area is 96.2 Å². The van der Waals surface area contributed by atoms with E-state index in [0.29, 0.717) is 5.56 Å². The molecule has 0 radical (unpaired) electrons. The van der Waals surface area contributed by atoms with Crippen LogP contribution < -0.4 is 5.48 Å². The van der Waals surface area contributed by atoms with Crippen molar-refractivity contribution in [3.63, 3.8) is 0 Å². The highest BCUT2D eigenvalue weighted by Gasteiger charge is 2.07. The lowest BCUT2D eigenvalue weighted by Gasteiger charge is -2.05. The van der Waals surface area contributed by atoms with Gasteiger partial charge in [-0.15, -0.1) is 0 Å². The second-order valence-corrected chi connectivity index (χ2v) is 3.09. The lowest BCUT2D eigenvalue weighted by Crippen LogP contribution is -2.11.